The van der Waals surface area contributed by atoms with Crippen molar-refractivity contribution in [2.75, 3.05) is 7.11 Å². The Balaban J connectivity index is 2.22. The second-order valence-electron chi connectivity index (χ2n) is 5.11. The van der Waals surface area contributed by atoms with Crippen molar-refractivity contribution in [2.24, 2.45) is 0 Å². The molecule has 0 atom stereocenters. The Morgan fingerprint density at radius 1 is 1.32 bits per heavy atom. The average Bonchev–Trinajstić information content (AvgIpc) is 3.19. The Labute approximate surface area is 111 Å². The van der Waals surface area contributed by atoms with E-state index in [-0.39, 0.29) is 18.0 Å². The van der Waals surface area contributed by atoms with Crippen molar-refractivity contribution < 1.29 is 18.3 Å². The van der Waals surface area contributed by atoms with Crippen molar-refractivity contribution in [1.82, 2.24) is 0 Å². The molecule has 0 aromatic heterocycles. The highest BCUT2D eigenvalue weighted by Gasteiger charge is 2.52. The third kappa shape index (κ3) is 2.48. The number of esters is 1. The van der Waals surface area contributed by atoms with Gasteiger partial charge in [0.05, 0.1) is 12.5 Å². The molecule has 0 bridgehead atoms. The molecule has 0 radical (unpaired) electrons. The van der Waals surface area contributed by atoms with Gasteiger partial charge in [-0.3, -0.25) is 4.79 Å². The van der Waals surface area contributed by atoms with E-state index < -0.39 is 11.3 Å². The number of alkyl halides is 2. The van der Waals surface area contributed by atoms with E-state index in [0.29, 0.717) is 6.42 Å². The topological polar surface area (TPSA) is 26.3 Å². The van der Waals surface area contributed by atoms with Crippen LogP contribution in [0.1, 0.15) is 43.7 Å². The van der Waals surface area contributed by atoms with Gasteiger partial charge < -0.3 is 4.74 Å². The zero-order chi connectivity index (χ0) is 14.1. The molecule has 0 unspecified atom stereocenters. The number of carbonyl (C=O) groups excluding carboxylic acids is 1. The van der Waals surface area contributed by atoms with Gasteiger partial charge >= 0.3 is 5.97 Å². The maximum Gasteiger partial charge on any atom is 0.316 e. The summed E-state index contributed by atoms with van der Waals surface area (Å²) in [6.07, 6.45) is 1.73. The lowest BCUT2D eigenvalue weighted by molar-refractivity contribution is -0.143. The van der Waals surface area contributed by atoms with Gasteiger partial charge in [0, 0.05) is 12.0 Å². The van der Waals surface area contributed by atoms with E-state index in [1.807, 2.05) is 0 Å². The molecule has 19 heavy (non-hydrogen) atoms. The standard InChI is InChI=1S/C15H18F2O2/c1-3-8-15(16,17)12-6-4-11(5-7-12)14(9-10-14)13(18)19-2/h4-7H,3,8-10H2,1-2H3. The van der Waals surface area contributed by atoms with Gasteiger partial charge in [-0.05, 0) is 18.4 Å². The largest absolute Gasteiger partial charge is 0.468 e. The first kappa shape index (κ1) is 14.0. The van der Waals surface area contributed by atoms with Gasteiger partial charge in [-0.15, -0.1) is 0 Å². The van der Waals surface area contributed by atoms with Gasteiger partial charge in [0.15, 0.2) is 0 Å². The van der Waals surface area contributed by atoms with Crippen molar-refractivity contribution in [3.8, 4) is 0 Å². The third-order valence-corrected chi connectivity index (χ3v) is 3.75. The second kappa shape index (κ2) is 4.91. The molecule has 0 spiro atoms. The number of hydrogen-bond donors (Lipinski definition) is 0. The number of ether oxygens (including phenoxy) is 1. The molecule has 0 aliphatic heterocycles. The van der Waals surface area contributed by atoms with Crippen molar-refractivity contribution >= 4 is 5.97 Å². The van der Waals surface area contributed by atoms with Crippen LogP contribution < -0.4 is 0 Å². The molecule has 0 saturated heterocycles. The number of hydrogen-bond acceptors (Lipinski definition) is 2. The predicted molar refractivity (Wildman–Crippen MR) is 68.2 cm³/mol. The lowest BCUT2D eigenvalue weighted by atomic mass is 9.93. The quantitative estimate of drug-likeness (QED) is 0.760. The Kier molecular flexibility index (Phi) is 3.61. The maximum absolute atomic E-state index is 13.7. The number of halogens is 2. The van der Waals surface area contributed by atoms with Crippen LogP contribution >= 0.6 is 0 Å². The summed E-state index contributed by atoms with van der Waals surface area (Å²) in [5, 5.41) is 0. The van der Waals surface area contributed by atoms with Crippen molar-refractivity contribution in [2.45, 2.75) is 43.9 Å². The molecule has 2 rings (SSSR count). The number of methoxy groups -OCH3 is 1. The lowest BCUT2D eigenvalue weighted by Gasteiger charge is -2.18. The zero-order valence-electron chi connectivity index (χ0n) is 11.2. The Morgan fingerprint density at radius 3 is 2.32 bits per heavy atom. The van der Waals surface area contributed by atoms with Crippen LogP contribution in [0.4, 0.5) is 8.78 Å². The predicted octanol–water partition coefficient (Wildman–Crippen LogP) is 3.78. The normalized spacial score (nSPS) is 17.1. The van der Waals surface area contributed by atoms with Crippen LogP contribution in [0.5, 0.6) is 0 Å². The first-order valence-corrected chi connectivity index (χ1v) is 6.53. The number of rotatable bonds is 5. The smallest absolute Gasteiger partial charge is 0.316 e. The highest BCUT2D eigenvalue weighted by atomic mass is 19.3. The molecule has 104 valence electrons. The summed E-state index contributed by atoms with van der Waals surface area (Å²) in [6.45, 7) is 1.73. The first-order valence-electron chi connectivity index (χ1n) is 6.53. The minimum Gasteiger partial charge on any atom is -0.468 e. The molecular weight excluding hydrogens is 250 g/mol. The molecule has 1 aromatic carbocycles. The van der Waals surface area contributed by atoms with E-state index in [2.05, 4.69) is 0 Å². The molecule has 0 N–H and O–H groups in total. The monoisotopic (exact) mass is 268 g/mol. The zero-order valence-corrected chi connectivity index (χ0v) is 11.2. The summed E-state index contributed by atoms with van der Waals surface area (Å²) in [5.74, 6) is -3.07. The fourth-order valence-electron chi connectivity index (χ4n) is 2.42. The minimum absolute atomic E-state index is 0.0127. The summed E-state index contributed by atoms with van der Waals surface area (Å²) in [4.78, 5) is 11.7. The second-order valence-corrected chi connectivity index (χ2v) is 5.11. The maximum atomic E-state index is 13.7. The Hall–Kier alpha value is -1.45. The number of benzene rings is 1. The summed E-state index contributed by atoms with van der Waals surface area (Å²) in [6, 6.07) is 6.10. The van der Waals surface area contributed by atoms with Crippen molar-refractivity contribution in [3.05, 3.63) is 35.4 Å². The van der Waals surface area contributed by atoms with Crippen molar-refractivity contribution in [3.63, 3.8) is 0 Å². The number of carbonyl (C=O) groups is 1. The Morgan fingerprint density at radius 2 is 1.89 bits per heavy atom. The SMILES string of the molecule is CCCC(F)(F)c1ccc(C2(C(=O)OC)CC2)cc1. The molecule has 1 aromatic rings. The minimum atomic E-state index is -2.80. The molecule has 1 fully saturated rings. The molecule has 1 saturated carbocycles. The summed E-state index contributed by atoms with van der Waals surface area (Å²) < 4.78 is 32.2. The highest BCUT2D eigenvalue weighted by molar-refractivity contribution is 5.86. The molecule has 0 heterocycles. The van der Waals surface area contributed by atoms with Gasteiger partial charge in [0.1, 0.15) is 0 Å². The van der Waals surface area contributed by atoms with Crippen LogP contribution in [0.15, 0.2) is 24.3 Å². The summed E-state index contributed by atoms with van der Waals surface area (Å²) in [7, 11) is 1.35. The van der Waals surface area contributed by atoms with Crippen molar-refractivity contribution in [1.29, 1.82) is 0 Å². The van der Waals surface area contributed by atoms with E-state index in [1.54, 1.807) is 19.1 Å². The van der Waals surface area contributed by atoms with Crippen LogP contribution in [0.25, 0.3) is 0 Å². The highest BCUT2D eigenvalue weighted by Crippen LogP contribution is 2.49. The first-order chi connectivity index (χ1) is 8.96. The van der Waals surface area contributed by atoms with E-state index >= 15 is 0 Å². The molecule has 1 aliphatic carbocycles. The fraction of sp³-hybridized carbons (Fsp3) is 0.533. The van der Waals surface area contributed by atoms with Crippen LogP contribution in [0.2, 0.25) is 0 Å². The van der Waals surface area contributed by atoms with Crippen LogP contribution in [-0.4, -0.2) is 13.1 Å². The summed E-state index contributed by atoms with van der Waals surface area (Å²) in [5.41, 5.74) is 0.196. The summed E-state index contributed by atoms with van der Waals surface area (Å²) >= 11 is 0. The molecule has 1 aliphatic rings. The molecular formula is C15H18F2O2. The van der Waals surface area contributed by atoms with E-state index in [4.69, 9.17) is 4.74 Å². The van der Waals surface area contributed by atoms with E-state index in [0.717, 1.165) is 18.4 Å². The van der Waals surface area contributed by atoms with Gasteiger partial charge in [0.2, 0.25) is 0 Å². The van der Waals surface area contributed by atoms with Gasteiger partial charge in [-0.2, -0.15) is 0 Å². The van der Waals surface area contributed by atoms with Gasteiger partial charge in [0.25, 0.3) is 5.92 Å². The third-order valence-electron chi connectivity index (χ3n) is 3.75. The van der Waals surface area contributed by atoms with Gasteiger partial charge in [-0.25, -0.2) is 8.78 Å². The molecule has 0 amide bonds. The van der Waals surface area contributed by atoms with Crippen LogP contribution in [-0.2, 0) is 20.9 Å². The molecule has 4 heteroatoms. The van der Waals surface area contributed by atoms with Gasteiger partial charge in [-0.1, -0.05) is 37.6 Å². The van der Waals surface area contributed by atoms with Crippen LogP contribution in [0.3, 0.4) is 0 Å². The van der Waals surface area contributed by atoms with E-state index in [1.165, 1.54) is 19.2 Å². The van der Waals surface area contributed by atoms with E-state index in [9.17, 15) is 13.6 Å². The average molecular weight is 268 g/mol. The lowest BCUT2D eigenvalue weighted by Crippen LogP contribution is -2.22. The fourth-order valence-corrected chi connectivity index (χ4v) is 2.42. The van der Waals surface area contributed by atoms with Crippen LogP contribution in [0, 0.1) is 0 Å². The Bertz CT molecular complexity index is 462. The molecule has 2 nitrogen and oxygen atoms in total.